The maximum absolute atomic E-state index is 13.9. The molecule has 3 heterocycles. The van der Waals surface area contributed by atoms with Crippen molar-refractivity contribution in [1.82, 2.24) is 14.5 Å². The van der Waals surface area contributed by atoms with Crippen LogP contribution in [-0.4, -0.2) is 50.1 Å². The number of aryl methyl sites for hydroxylation is 2. The molecule has 4 atom stereocenters. The van der Waals surface area contributed by atoms with E-state index in [0.29, 0.717) is 0 Å². The van der Waals surface area contributed by atoms with E-state index < -0.39 is 24.0 Å². The third-order valence-electron chi connectivity index (χ3n) is 7.18. The zero-order valence-electron chi connectivity index (χ0n) is 21.6. The molecule has 8 heteroatoms. The Morgan fingerprint density at radius 3 is 2.47 bits per heavy atom. The summed E-state index contributed by atoms with van der Waals surface area (Å²) in [5, 5.41) is 10.2. The molecular formula is C28H36N4O3S. The number of carbonyl (C=O) groups excluding carboxylic acids is 2. The average Bonchev–Trinajstić information content (AvgIpc) is 3.53. The van der Waals surface area contributed by atoms with Gasteiger partial charge in [-0.1, -0.05) is 45.0 Å². The molecule has 7 nitrogen and oxygen atoms in total. The minimum atomic E-state index is -0.775. The van der Waals surface area contributed by atoms with Crippen LogP contribution in [0.1, 0.15) is 68.1 Å². The number of β-amino-alcohol motifs (C(OH)–C–C–N with tert-alkyl or cyclic N) is 1. The summed E-state index contributed by atoms with van der Waals surface area (Å²) in [5.74, 6) is -1.20. The van der Waals surface area contributed by atoms with Crippen molar-refractivity contribution in [3.05, 3.63) is 64.6 Å². The van der Waals surface area contributed by atoms with Crippen LogP contribution in [0.5, 0.6) is 0 Å². The fourth-order valence-corrected chi connectivity index (χ4v) is 6.26. The second-order valence-corrected chi connectivity index (χ2v) is 11.0. The molecular weight excluding hydrogens is 472 g/mol. The second kappa shape index (κ2) is 10.6. The van der Waals surface area contributed by atoms with Gasteiger partial charge in [-0.3, -0.25) is 9.59 Å². The minimum Gasteiger partial charge on any atom is -0.391 e. The number of nitrogens with zero attached hydrogens (tertiary/aromatic N) is 3. The van der Waals surface area contributed by atoms with Crippen LogP contribution in [0.4, 0.5) is 0 Å². The summed E-state index contributed by atoms with van der Waals surface area (Å²) in [5.41, 5.74) is 12.8. The van der Waals surface area contributed by atoms with E-state index in [0.717, 1.165) is 28.9 Å². The molecule has 1 aromatic carbocycles. The number of aromatic nitrogens is 2. The Hall–Kier alpha value is -2.97. The fraction of sp³-hybridized carbons (Fsp3) is 0.464. The van der Waals surface area contributed by atoms with Crippen molar-refractivity contribution >= 4 is 23.2 Å². The molecule has 0 radical (unpaired) electrons. The van der Waals surface area contributed by atoms with Gasteiger partial charge in [-0.15, -0.1) is 11.3 Å². The first-order valence-electron chi connectivity index (χ1n) is 12.6. The van der Waals surface area contributed by atoms with Crippen LogP contribution in [-0.2, 0) is 9.59 Å². The van der Waals surface area contributed by atoms with Crippen LogP contribution in [0.25, 0.3) is 10.4 Å². The van der Waals surface area contributed by atoms with Gasteiger partial charge in [0.05, 0.1) is 34.1 Å². The Bertz CT molecular complexity index is 1230. The summed E-state index contributed by atoms with van der Waals surface area (Å²) in [6.45, 7) is 10.4. The highest BCUT2D eigenvalue weighted by Gasteiger charge is 2.42. The molecule has 2 amide bonds. The predicted molar refractivity (Wildman–Crippen MR) is 143 cm³/mol. The first-order valence-corrected chi connectivity index (χ1v) is 13.5. The van der Waals surface area contributed by atoms with Gasteiger partial charge in [-0.2, -0.15) is 0 Å². The van der Waals surface area contributed by atoms with Gasteiger partial charge in [0.25, 0.3) is 0 Å². The number of nitrogens with two attached hydrogens (primary N) is 1. The largest absolute Gasteiger partial charge is 0.391 e. The quantitative estimate of drug-likeness (QED) is 0.470. The normalized spacial score (nSPS) is 19.6. The Labute approximate surface area is 217 Å². The van der Waals surface area contributed by atoms with Gasteiger partial charge in [0.2, 0.25) is 11.8 Å². The topological polar surface area (TPSA) is 101 Å². The average molecular weight is 509 g/mol. The molecule has 3 N–H and O–H groups in total. The lowest BCUT2D eigenvalue weighted by molar-refractivity contribution is -0.139. The van der Waals surface area contributed by atoms with Gasteiger partial charge < -0.3 is 20.3 Å². The van der Waals surface area contributed by atoms with Crippen molar-refractivity contribution in [3.8, 4) is 10.4 Å². The van der Waals surface area contributed by atoms with Gasteiger partial charge in [0, 0.05) is 24.9 Å². The molecule has 1 aliphatic rings. The number of thiazole rings is 1. The van der Waals surface area contributed by atoms with Crippen LogP contribution in [0.15, 0.2) is 42.0 Å². The summed E-state index contributed by atoms with van der Waals surface area (Å²) >= 11 is 1.64. The van der Waals surface area contributed by atoms with E-state index in [4.69, 9.17) is 5.73 Å². The molecule has 192 valence electrons. The number of rotatable bonds is 8. The van der Waals surface area contributed by atoms with E-state index in [1.54, 1.807) is 11.3 Å². The highest BCUT2D eigenvalue weighted by Crippen LogP contribution is 2.36. The van der Waals surface area contributed by atoms with E-state index in [-0.39, 0.29) is 30.8 Å². The molecule has 0 bridgehead atoms. The minimum absolute atomic E-state index is 0.00833. The number of benzene rings is 1. The molecule has 1 fully saturated rings. The Morgan fingerprint density at radius 1 is 1.22 bits per heavy atom. The maximum Gasteiger partial charge on any atom is 0.240 e. The summed E-state index contributed by atoms with van der Waals surface area (Å²) in [6, 6.07) is 9.96. The van der Waals surface area contributed by atoms with E-state index in [1.807, 2.05) is 33.2 Å². The third-order valence-corrected chi connectivity index (χ3v) is 8.16. The van der Waals surface area contributed by atoms with Gasteiger partial charge >= 0.3 is 0 Å². The molecule has 3 aromatic rings. The van der Waals surface area contributed by atoms with Crippen LogP contribution >= 0.6 is 11.3 Å². The summed E-state index contributed by atoms with van der Waals surface area (Å²) < 4.78 is 2.22. The molecule has 0 saturated carbocycles. The van der Waals surface area contributed by atoms with Crippen LogP contribution in [0.2, 0.25) is 0 Å². The van der Waals surface area contributed by atoms with E-state index in [1.165, 1.54) is 15.3 Å². The predicted octanol–water partition coefficient (Wildman–Crippen LogP) is 4.41. The highest BCUT2D eigenvalue weighted by molar-refractivity contribution is 7.13. The number of hydrogen-bond donors (Lipinski definition) is 2. The van der Waals surface area contributed by atoms with Crippen LogP contribution in [0.3, 0.4) is 0 Å². The van der Waals surface area contributed by atoms with Gasteiger partial charge in [0.15, 0.2) is 0 Å². The molecule has 0 aliphatic carbocycles. The molecule has 2 aromatic heterocycles. The first kappa shape index (κ1) is 26.1. The van der Waals surface area contributed by atoms with Crippen molar-refractivity contribution in [2.24, 2.45) is 11.7 Å². The third kappa shape index (κ3) is 4.97. The zero-order chi connectivity index (χ0) is 26.1. The SMILES string of the molecule is CC[C@@H](c1ccc(-c2scnc2C)cc1)n1cc(C)cc1[C@H](C(=O)N1CC(O)CC1C(N)=O)C(C)C. The lowest BCUT2D eigenvalue weighted by Gasteiger charge is -2.31. The number of aliphatic hydroxyl groups excluding tert-OH is 1. The van der Waals surface area contributed by atoms with Crippen LogP contribution in [0, 0.1) is 19.8 Å². The molecule has 0 spiro atoms. The van der Waals surface area contributed by atoms with Gasteiger partial charge in [-0.05, 0) is 48.9 Å². The molecule has 1 saturated heterocycles. The fourth-order valence-electron chi connectivity index (χ4n) is 5.45. The first-order chi connectivity index (χ1) is 17.1. The van der Waals surface area contributed by atoms with Crippen molar-refractivity contribution in [2.75, 3.05) is 6.54 Å². The van der Waals surface area contributed by atoms with E-state index >= 15 is 0 Å². The standard InChI is InChI=1S/C28H36N4O3S/c1-6-22(19-7-9-20(10-8-19)26-18(5)30-15-36-26)31-13-17(4)11-23(31)25(16(2)3)28(35)32-14-21(33)12-24(32)27(29)34/h7-11,13,15-16,21-22,24-25,33H,6,12,14H2,1-5H3,(H2,29,34)/t21?,22-,24?,25+/m0/s1. The highest BCUT2D eigenvalue weighted by atomic mass is 32.1. The van der Waals surface area contributed by atoms with Crippen molar-refractivity contribution in [3.63, 3.8) is 0 Å². The number of primary amides is 1. The lowest BCUT2D eigenvalue weighted by Crippen LogP contribution is -2.46. The molecule has 1 aliphatic heterocycles. The lowest BCUT2D eigenvalue weighted by atomic mass is 9.89. The smallest absolute Gasteiger partial charge is 0.240 e. The number of carbonyl (C=O) groups is 2. The summed E-state index contributed by atoms with van der Waals surface area (Å²) in [4.78, 5) is 32.9. The maximum atomic E-state index is 13.9. The number of hydrogen-bond acceptors (Lipinski definition) is 5. The van der Waals surface area contributed by atoms with Crippen LogP contribution < -0.4 is 5.73 Å². The zero-order valence-corrected chi connectivity index (χ0v) is 22.5. The molecule has 36 heavy (non-hydrogen) atoms. The van der Waals surface area contributed by atoms with E-state index in [9.17, 15) is 14.7 Å². The second-order valence-electron chi connectivity index (χ2n) is 10.2. The Balaban J connectivity index is 1.70. The summed E-state index contributed by atoms with van der Waals surface area (Å²) in [6.07, 6.45) is 2.41. The monoisotopic (exact) mass is 508 g/mol. The van der Waals surface area contributed by atoms with Gasteiger partial charge in [-0.25, -0.2) is 4.98 Å². The molecule has 2 unspecified atom stereocenters. The van der Waals surface area contributed by atoms with Crippen molar-refractivity contribution in [2.45, 2.75) is 71.6 Å². The van der Waals surface area contributed by atoms with E-state index in [2.05, 4.69) is 53.0 Å². The number of aliphatic hydroxyl groups is 1. The Kier molecular flexibility index (Phi) is 7.66. The number of amides is 2. The van der Waals surface area contributed by atoms with Gasteiger partial charge in [0.1, 0.15) is 6.04 Å². The van der Waals surface area contributed by atoms with Crippen molar-refractivity contribution in [1.29, 1.82) is 0 Å². The number of likely N-dealkylation sites (tertiary alicyclic amines) is 1. The summed E-state index contributed by atoms with van der Waals surface area (Å²) in [7, 11) is 0. The Morgan fingerprint density at radius 2 is 1.92 bits per heavy atom. The van der Waals surface area contributed by atoms with Crippen molar-refractivity contribution < 1.29 is 14.7 Å². The molecule has 4 rings (SSSR count).